The van der Waals surface area contributed by atoms with Crippen LogP contribution in [-0.4, -0.2) is 12.5 Å². The molecule has 0 spiro atoms. The van der Waals surface area contributed by atoms with Crippen molar-refractivity contribution in [3.63, 3.8) is 0 Å². The fourth-order valence-electron chi connectivity index (χ4n) is 2.44. The largest absolute Gasteiger partial charge is 0.330 e. The van der Waals surface area contributed by atoms with Crippen molar-refractivity contribution in [3.05, 3.63) is 29.6 Å². The Morgan fingerprint density at radius 2 is 2.22 bits per heavy atom. The van der Waals surface area contributed by atoms with E-state index >= 15 is 0 Å². The molecule has 1 aliphatic rings. The number of aryl methyl sites for hydroxylation is 1. The molecule has 1 fully saturated rings. The fourth-order valence-corrected chi connectivity index (χ4v) is 2.44. The van der Waals surface area contributed by atoms with Crippen LogP contribution >= 0.6 is 0 Å². The quantitative estimate of drug-likeness (QED) is 0.863. The molecule has 3 N–H and O–H groups in total. The summed E-state index contributed by atoms with van der Waals surface area (Å²) in [5, 5.41) is 2.67. The van der Waals surface area contributed by atoms with Gasteiger partial charge in [0.15, 0.2) is 0 Å². The summed E-state index contributed by atoms with van der Waals surface area (Å²) in [7, 11) is 0. The Labute approximate surface area is 107 Å². The molecule has 1 aliphatic carbocycles. The van der Waals surface area contributed by atoms with Gasteiger partial charge in [-0.1, -0.05) is 18.6 Å². The van der Waals surface area contributed by atoms with Gasteiger partial charge in [-0.25, -0.2) is 4.39 Å². The monoisotopic (exact) mass is 250 g/mol. The Bertz CT molecular complexity index is 429. The number of para-hydroxylation sites is 1. The fraction of sp³-hybridized carbons (Fsp3) is 0.500. The van der Waals surface area contributed by atoms with Crippen LogP contribution in [-0.2, 0) is 4.79 Å². The maximum Gasteiger partial charge on any atom is 0.225 e. The second kappa shape index (κ2) is 5.06. The molecule has 98 valence electrons. The topological polar surface area (TPSA) is 55.1 Å². The summed E-state index contributed by atoms with van der Waals surface area (Å²) in [5.41, 5.74) is 6.68. The molecule has 4 heteroatoms. The molecule has 2 rings (SSSR count). The predicted octanol–water partition coefficient (Wildman–Crippen LogP) is 2.59. The van der Waals surface area contributed by atoms with Crippen molar-refractivity contribution >= 4 is 11.6 Å². The predicted molar refractivity (Wildman–Crippen MR) is 69.7 cm³/mol. The van der Waals surface area contributed by atoms with Crippen molar-refractivity contribution in [2.75, 3.05) is 11.9 Å². The first kappa shape index (κ1) is 13.0. The molecule has 1 amide bonds. The average Bonchev–Trinajstić information content (AvgIpc) is 2.29. The van der Waals surface area contributed by atoms with Gasteiger partial charge in [-0.15, -0.1) is 0 Å². The zero-order valence-corrected chi connectivity index (χ0v) is 10.6. The second-order valence-electron chi connectivity index (χ2n) is 5.21. The summed E-state index contributed by atoms with van der Waals surface area (Å²) in [6, 6.07) is 4.76. The molecule has 0 bridgehead atoms. The van der Waals surface area contributed by atoms with E-state index in [2.05, 4.69) is 5.32 Å². The van der Waals surface area contributed by atoms with Crippen LogP contribution in [0.1, 0.15) is 31.2 Å². The summed E-state index contributed by atoms with van der Waals surface area (Å²) in [5.74, 6) is -0.535. The van der Waals surface area contributed by atoms with E-state index < -0.39 is 5.82 Å². The molecule has 1 aromatic rings. The number of nitrogens with one attached hydrogen (secondary N) is 1. The third kappa shape index (κ3) is 2.53. The Balaban J connectivity index is 2.03. The van der Waals surface area contributed by atoms with Crippen molar-refractivity contribution < 1.29 is 9.18 Å². The highest BCUT2D eigenvalue weighted by atomic mass is 19.1. The van der Waals surface area contributed by atoms with Gasteiger partial charge in [0.2, 0.25) is 5.91 Å². The van der Waals surface area contributed by atoms with Gasteiger partial charge in [0.25, 0.3) is 0 Å². The van der Waals surface area contributed by atoms with Gasteiger partial charge in [-0.05, 0) is 43.4 Å². The molecule has 0 aromatic heterocycles. The molecule has 0 aliphatic heterocycles. The maximum atomic E-state index is 13.6. The molecule has 3 nitrogen and oxygen atoms in total. The first-order valence-electron chi connectivity index (χ1n) is 6.31. The number of rotatable bonds is 4. The van der Waals surface area contributed by atoms with Crippen molar-refractivity contribution in [1.82, 2.24) is 0 Å². The minimum Gasteiger partial charge on any atom is -0.330 e. The first-order valence-corrected chi connectivity index (χ1v) is 6.31. The van der Waals surface area contributed by atoms with Gasteiger partial charge >= 0.3 is 0 Å². The van der Waals surface area contributed by atoms with Gasteiger partial charge in [-0.2, -0.15) is 0 Å². The van der Waals surface area contributed by atoms with Gasteiger partial charge in [-0.3, -0.25) is 4.79 Å². The number of hydrogen-bond acceptors (Lipinski definition) is 2. The zero-order valence-electron chi connectivity index (χ0n) is 10.6. The Hall–Kier alpha value is -1.42. The zero-order chi connectivity index (χ0) is 13.2. The number of nitrogens with two attached hydrogens (primary N) is 1. The van der Waals surface area contributed by atoms with Gasteiger partial charge in [0.05, 0.1) is 5.69 Å². The number of halogens is 1. The van der Waals surface area contributed by atoms with Crippen molar-refractivity contribution in [1.29, 1.82) is 0 Å². The van der Waals surface area contributed by atoms with Gasteiger partial charge in [0.1, 0.15) is 5.82 Å². The minimum atomic E-state index is -0.390. The number of hydrogen-bond donors (Lipinski definition) is 2. The first-order chi connectivity index (χ1) is 8.56. The lowest BCUT2D eigenvalue weighted by Gasteiger charge is -2.40. The van der Waals surface area contributed by atoms with Crippen LogP contribution in [0, 0.1) is 18.2 Å². The van der Waals surface area contributed by atoms with E-state index in [0.717, 1.165) is 24.8 Å². The molecule has 1 aromatic carbocycles. The van der Waals surface area contributed by atoms with E-state index in [0.29, 0.717) is 13.0 Å². The Morgan fingerprint density at radius 1 is 1.50 bits per heavy atom. The normalized spacial score (nSPS) is 17.1. The molecule has 0 heterocycles. The van der Waals surface area contributed by atoms with E-state index in [1.165, 1.54) is 6.07 Å². The van der Waals surface area contributed by atoms with Gasteiger partial charge < -0.3 is 11.1 Å². The molecule has 0 saturated heterocycles. The highest BCUT2D eigenvalue weighted by Crippen LogP contribution is 2.43. The summed E-state index contributed by atoms with van der Waals surface area (Å²) >= 11 is 0. The summed E-state index contributed by atoms with van der Waals surface area (Å²) in [6.07, 6.45) is 3.50. The van der Waals surface area contributed by atoms with Crippen LogP contribution in [0.4, 0.5) is 10.1 Å². The van der Waals surface area contributed by atoms with Crippen LogP contribution in [0.15, 0.2) is 18.2 Å². The summed E-state index contributed by atoms with van der Waals surface area (Å²) in [6.45, 7) is 2.30. The van der Waals surface area contributed by atoms with Crippen LogP contribution < -0.4 is 11.1 Å². The SMILES string of the molecule is Cc1cccc(F)c1NC(=O)CC1(CN)CCC1. The Kier molecular flexibility index (Phi) is 3.66. The number of benzene rings is 1. The number of amides is 1. The lowest BCUT2D eigenvalue weighted by Crippen LogP contribution is -2.40. The van der Waals surface area contributed by atoms with Gasteiger partial charge in [0, 0.05) is 6.42 Å². The van der Waals surface area contributed by atoms with Crippen molar-refractivity contribution in [2.24, 2.45) is 11.1 Å². The summed E-state index contributed by atoms with van der Waals surface area (Å²) in [4.78, 5) is 12.0. The average molecular weight is 250 g/mol. The van der Waals surface area contributed by atoms with E-state index in [9.17, 15) is 9.18 Å². The minimum absolute atomic E-state index is 0.0523. The van der Waals surface area contributed by atoms with Crippen molar-refractivity contribution in [2.45, 2.75) is 32.6 Å². The Morgan fingerprint density at radius 3 is 2.72 bits per heavy atom. The highest BCUT2D eigenvalue weighted by molar-refractivity contribution is 5.92. The third-order valence-corrected chi connectivity index (χ3v) is 3.87. The van der Waals surface area contributed by atoms with E-state index in [4.69, 9.17) is 5.73 Å². The molecule has 18 heavy (non-hydrogen) atoms. The molecule has 1 saturated carbocycles. The third-order valence-electron chi connectivity index (χ3n) is 3.87. The molecule has 0 atom stereocenters. The van der Waals surface area contributed by atoms with E-state index in [1.807, 2.05) is 0 Å². The van der Waals surface area contributed by atoms with E-state index in [-0.39, 0.29) is 17.0 Å². The summed E-state index contributed by atoms with van der Waals surface area (Å²) < 4.78 is 13.6. The molecular weight excluding hydrogens is 231 g/mol. The smallest absolute Gasteiger partial charge is 0.225 e. The van der Waals surface area contributed by atoms with Crippen LogP contribution in [0.25, 0.3) is 0 Å². The van der Waals surface area contributed by atoms with Crippen LogP contribution in [0.5, 0.6) is 0 Å². The van der Waals surface area contributed by atoms with Crippen molar-refractivity contribution in [3.8, 4) is 0 Å². The molecule has 0 radical (unpaired) electrons. The lowest BCUT2D eigenvalue weighted by atomic mass is 9.66. The standard InChI is InChI=1S/C14H19FN2O/c1-10-4-2-5-11(15)13(10)17-12(18)8-14(9-16)6-3-7-14/h2,4-5H,3,6-9,16H2,1H3,(H,17,18). The van der Waals surface area contributed by atoms with E-state index in [1.54, 1.807) is 19.1 Å². The highest BCUT2D eigenvalue weighted by Gasteiger charge is 2.37. The molecular formula is C14H19FN2O. The number of carbonyl (C=O) groups excluding carboxylic acids is 1. The van der Waals surface area contributed by atoms with Crippen LogP contribution in [0.2, 0.25) is 0 Å². The number of anilines is 1. The number of carbonyl (C=O) groups is 1. The maximum absolute atomic E-state index is 13.6. The lowest BCUT2D eigenvalue weighted by molar-refractivity contribution is -0.119. The molecule has 0 unspecified atom stereocenters. The van der Waals surface area contributed by atoms with Crippen LogP contribution in [0.3, 0.4) is 0 Å². The second-order valence-corrected chi connectivity index (χ2v) is 5.21.